The Morgan fingerprint density at radius 3 is 2.53 bits per heavy atom. The van der Waals surface area contributed by atoms with Gasteiger partial charge in [0.1, 0.15) is 5.83 Å². The van der Waals surface area contributed by atoms with Crippen LogP contribution < -0.4 is 0 Å². The summed E-state index contributed by atoms with van der Waals surface area (Å²) in [7, 11) is 0.966. The van der Waals surface area contributed by atoms with Crippen LogP contribution in [-0.4, -0.2) is 18.2 Å². The second kappa shape index (κ2) is 4.20. The van der Waals surface area contributed by atoms with E-state index in [0.29, 0.717) is 6.08 Å². The number of ether oxygens (including phenoxy) is 1. The third-order valence-electron chi connectivity index (χ3n) is 1.78. The Morgan fingerprint density at radius 1 is 1.47 bits per heavy atom. The molecular weight excluding hydrogens is 213 g/mol. The van der Waals surface area contributed by atoms with Crippen LogP contribution >= 0.6 is 0 Å². The summed E-state index contributed by atoms with van der Waals surface area (Å²) in [5.41, 5.74) is -0.577. The maximum absolute atomic E-state index is 13.2. The van der Waals surface area contributed by atoms with E-state index in [4.69, 9.17) is 5.11 Å². The summed E-state index contributed by atoms with van der Waals surface area (Å²) in [5, 5.41) is 8.53. The molecule has 0 aromatic carbocycles. The molecule has 0 aromatic rings. The van der Waals surface area contributed by atoms with Gasteiger partial charge in [0.25, 0.3) is 0 Å². The summed E-state index contributed by atoms with van der Waals surface area (Å²) in [4.78, 5) is 10.5. The predicted octanol–water partition coefficient (Wildman–Crippen LogP) is 2.38. The van der Waals surface area contributed by atoms with Crippen LogP contribution in [0.5, 0.6) is 0 Å². The van der Waals surface area contributed by atoms with E-state index in [-0.39, 0.29) is 0 Å². The molecule has 0 atom stereocenters. The highest BCUT2D eigenvalue weighted by Crippen LogP contribution is 2.31. The third kappa shape index (κ3) is 2.20. The summed E-state index contributed by atoms with van der Waals surface area (Å²) in [5.74, 6) is -6.56. The van der Waals surface area contributed by atoms with E-state index < -0.39 is 41.2 Å². The quantitative estimate of drug-likeness (QED) is 0.777. The van der Waals surface area contributed by atoms with Crippen LogP contribution in [0.3, 0.4) is 0 Å². The normalized spacial score (nSPS) is 17.5. The first-order valence-electron chi connectivity index (χ1n) is 3.89. The standard InChI is InChI=1S/C9H7F3O3/c1-15-8-6(11)3-4(9(13)14)2-5(10)7(8)12/h2H,3H2,1H3,(H,13,14). The van der Waals surface area contributed by atoms with Crippen molar-refractivity contribution in [3.05, 3.63) is 34.9 Å². The van der Waals surface area contributed by atoms with Gasteiger partial charge in [0.15, 0.2) is 11.6 Å². The highest BCUT2D eigenvalue weighted by Gasteiger charge is 2.24. The van der Waals surface area contributed by atoms with E-state index in [0.717, 1.165) is 7.11 Å². The lowest BCUT2D eigenvalue weighted by Gasteiger charge is -2.03. The second-order valence-corrected chi connectivity index (χ2v) is 2.75. The van der Waals surface area contributed by atoms with Gasteiger partial charge in [0.2, 0.25) is 5.83 Å². The molecule has 1 aliphatic carbocycles. The molecule has 0 saturated carbocycles. The zero-order valence-electron chi connectivity index (χ0n) is 7.68. The first kappa shape index (κ1) is 11.4. The highest BCUT2D eigenvalue weighted by molar-refractivity contribution is 5.87. The van der Waals surface area contributed by atoms with Crippen molar-refractivity contribution in [2.75, 3.05) is 7.11 Å². The number of carboxylic acid groups (broad SMARTS) is 1. The summed E-state index contributed by atoms with van der Waals surface area (Å²) >= 11 is 0. The van der Waals surface area contributed by atoms with Crippen molar-refractivity contribution in [3.8, 4) is 0 Å². The van der Waals surface area contributed by atoms with Gasteiger partial charge in [-0.25, -0.2) is 13.6 Å². The molecule has 1 rings (SSSR count). The lowest BCUT2D eigenvalue weighted by Crippen LogP contribution is -2.01. The van der Waals surface area contributed by atoms with Gasteiger partial charge in [-0.2, -0.15) is 4.39 Å². The predicted molar refractivity (Wildman–Crippen MR) is 44.7 cm³/mol. The monoisotopic (exact) mass is 220 g/mol. The average molecular weight is 220 g/mol. The lowest BCUT2D eigenvalue weighted by atomic mass is 10.1. The molecule has 0 radical (unpaired) electrons. The van der Waals surface area contributed by atoms with Gasteiger partial charge in [-0.1, -0.05) is 0 Å². The van der Waals surface area contributed by atoms with Crippen molar-refractivity contribution in [1.29, 1.82) is 0 Å². The molecule has 1 N–H and O–H groups in total. The average Bonchev–Trinajstić information content (AvgIpc) is 2.26. The first-order valence-corrected chi connectivity index (χ1v) is 3.89. The van der Waals surface area contributed by atoms with Gasteiger partial charge in [0, 0.05) is 12.0 Å². The van der Waals surface area contributed by atoms with Crippen molar-refractivity contribution >= 4 is 5.97 Å². The zero-order valence-corrected chi connectivity index (χ0v) is 7.68. The van der Waals surface area contributed by atoms with Crippen molar-refractivity contribution in [2.24, 2.45) is 0 Å². The molecule has 0 heterocycles. The molecule has 0 saturated heterocycles. The fourth-order valence-electron chi connectivity index (χ4n) is 1.08. The van der Waals surface area contributed by atoms with Crippen LogP contribution in [-0.2, 0) is 9.53 Å². The van der Waals surface area contributed by atoms with E-state index >= 15 is 0 Å². The van der Waals surface area contributed by atoms with E-state index in [2.05, 4.69) is 4.74 Å². The van der Waals surface area contributed by atoms with Crippen molar-refractivity contribution in [3.63, 3.8) is 0 Å². The molecule has 0 fully saturated rings. The van der Waals surface area contributed by atoms with Crippen LogP contribution in [0, 0.1) is 0 Å². The summed E-state index contributed by atoms with van der Waals surface area (Å²) in [6.07, 6.45) is -0.275. The van der Waals surface area contributed by atoms with Gasteiger partial charge < -0.3 is 9.84 Å². The van der Waals surface area contributed by atoms with E-state index in [9.17, 15) is 18.0 Å². The minimum atomic E-state index is -1.54. The Hall–Kier alpha value is -1.72. The van der Waals surface area contributed by atoms with Crippen LogP contribution in [0.2, 0.25) is 0 Å². The molecule has 0 spiro atoms. The molecule has 0 aromatic heterocycles. The second-order valence-electron chi connectivity index (χ2n) is 2.75. The van der Waals surface area contributed by atoms with Crippen molar-refractivity contribution < 1.29 is 27.8 Å². The molecule has 15 heavy (non-hydrogen) atoms. The molecule has 3 nitrogen and oxygen atoms in total. The number of carboxylic acids is 1. The lowest BCUT2D eigenvalue weighted by molar-refractivity contribution is -0.132. The fraction of sp³-hybridized carbons (Fsp3) is 0.222. The van der Waals surface area contributed by atoms with Crippen molar-refractivity contribution in [1.82, 2.24) is 0 Å². The number of halogens is 3. The Labute approximate surface area is 83.2 Å². The number of hydrogen-bond acceptors (Lipinski definition) is 2. The zero-order chi connectivity index (χ0) is 11.6. The summed E-state index contributed by atoms with van der Waals surface area (Å²) < 4.78 is 43.4. The molecule has 0 unspecified atom stereocenters. The van der Waals surface area contributed by atoms with Gasteiger partial charge in [0.05, 0.1) is 7.11 Å². The summed E-state index contributed by atoms with van der Waals surface area (Å²) in [6.45, 7) is 0. The molecule has 6 heteroatoms. The van der Waals surface area contributed by atoms with Gasteiger partial charge >= 0.3 is 5.97 Å². The number of hydrogen-bond donors (Lipinski definition) is 1. The van der Waals surface area contributed by atoms with Crippen LogP contribution in [0.1, 0.15) is 6.42 Å². The van der Waals surface area contributed by atoms with E-state index in [1.54, 1.807) is 0 Å². The van der Waals surface area contributed by atoms with Crippen LogP contribution in [0.25, 0.3) is 0 Å². The maximum Gasteiger partial charge on any atom is 0.332 e. The minimum Gasteiger partial charge on any atom is -0.491 e. The largest absolute Gasteiger partial charge is 0.491 e. The smallest absolute Gasteiger partial charge is 0.332 e. The molecular formula is C9H7F3O3. The maximum atomic E-state index is 13.2. The SMILES string of the molecule is COC1=C(F)CC(C(=O)O)=CC(F)=C1F. The number of rotatable bonds is 2. The fourth-order valence-corrected chi connectivity index (χ4v) is 1.08. The number of methoxy groups -OCH3 is 1. The van der Waals surface area contributed by atoms with Gasteiger partial charge in [-0.3, -0.25) is 0 Å². The highest BCUT2D eigenvalue weighted by atomic mass is 19.2. The summed E-state index contributed by atoms with van der Waals surface area (Å²) in [6, 6.07) is 0. The molecule has 0 aliphatic heterocycles. The number of allylic oxidation sites excluding steroid dienone is 4. The Morgan fingerprint density at radius 2 is 2.07 bits per heavy atom. The van der Waals surface area contributed by atoms with Crippen LogP contribution in [0.4, 0.5) is 13.2 Å². The number of aliphatic carboxylic acids is 1. The van der Waals surface area contributed by atoms with Crippen LogP contribution in [0.15, 0.2) is 34.9 Å². The van der Waals surface area contributed by atoms with E-state index in [1.165, 1.54) is 0 Å². The molecule has 0 bridgehead atoms. The van der Waals surface area contributed by atoms with E-state index in [1.807, 2.05) is 0 Å². The number of carbonyl (C=O) groups is 1. The third-order valence-corrected chi connectivity index (χ3v) is 1.78. The van der Waals surface area contributed by atoms with Crippen molar-refractivity contribution in [2.45, 2.75) is 6.42 Å². The first-order chi connectivity index (χ1) is 6.97. The molecule has 82 valence electrons. The molecule has 0 amide bonds. The Bertz CT molecular complexity index is 393. The topological polar surface area (TPSA) is 46.5 Å². The molecule has 1 aliphatic rings. The van der Waals surface area contributed by atoms with Gasteiger partial charge in [-0.15, -0.1) is 0 Å². The Balaban J connectivity index is 3.27. The van der Waals surface area contributed by atoms with Gasteiger partial charge in [-0.05, 0) is 6.08 Å². The Kier molecular flexibility index (Phi) is 3.18. The minimum absolute atomic E-state index is 0.434.